The van der Waals surface area contributed by atoms with E-state index in [4.69, 9.17) is 4.43 Å². The molecule has 0 aliphatic rings. The lowest BCUT2D eigenvalue weighted by molar-refractivity contribution is 0.130. The van der Waals surface area contributed by atoms with E-state index in [0.29, 0.717) is 10.5 Å². The molecule has 30 heavy (non-hydrogen) atoms. The third-order valence-electron chi connectivity index (χ3n) is 5.55. The van der Waals surface area contributed by atoms with Gasteiger partial charge in [-0.05, 0) is 42.8 Å². The predicted molar refractivity (Wildman–Crippen MR) is 122 cm³/mol. The molecule has 5 nitrogen and oxygen atoms in total. The van der Waals surface area contributed by atoms with Crippen LogP contribution in [0.15, 0.2) is 59.5 Å². The van der Waals surface area contributed by atoms with Crippen molar-refractivity contribution in [2.24, 2.45) is 0 Å². The molecular formula is C23H29N3O2SSi. The first-order valence-corrected chi connectivity index (χ1v) is 13.8. The number of nitrogens with one attached hydrogen (secondary N) is 1. The van der Waals surface area contributed by atoms with E-state index in [2.05, 4.69) is 16.9 Å². The molecule has 0 aliphatic carbocycles. The summed E-state index contributed by atoms with van der Waals surface area (Å²) in [6.45, 7) is 12.1. The van der Waals surface area contributed by atoms with Crippen molar-refractivity contribution < 1.29 is 8.63 Å². The summed E-state index contributed by atoms with van der Waals surface area (Å²) >= 11 is 0. The molecule has 1 N–H and O–H groups in total. The van der Waals surface area contributed by atoms with Gasteiger partial charge in [-0.1, -0.05) is 68.8 Å². The Morgan fingerprint density at radius 3 is 2.00 bits per heavy atom. The maximum absolute atomic E-state index is 13.1. The zero-order valence-corrected chi connectivity index (χ0v) is 20.2. The number of aryl methyl sites for hydroxylation is 1. The Morgan fingerprint density at radius 1 is 1.00 bits per heavy atom. The maximum Gasteiger partial charge on any atom is 0.252 e. The Hall–Kier alpha value is -2.29. The highest BCUT2D eigenvalue weighted by Gasteiger charge is 2.51. The number of nitrogens with zero attached hydrogens (tertiary/aromatic N) is 2. The van der Waals surface area contributed by atoms with E-state index in [0.717, 1.165) is 5.56 Å². The third-order valence-corrected chi connectivity index (χ3v) is 11.1. The fraction of sp³-hybridized carbons (Fsp3) is 0.391. The zero-order chi connectivity index (χ0) is 22.6. The van der Waals surface area contributed by atoms with Crippen LogP contribution in [0.25, 0.3) is 0 Å². The van der Waals surface area contributed by atoms with Gasteiger partial charge in [-0.25, -0.2) is 8.93 Å². The van der Waals surface area contributed by atoms with Crippen molar-refractivity contribution >= 4 is 19.3 Å². The topological polar surface area (TPSA) is 85.9 Å². The summed E-state index contributed by atoms with van der Waals surface area (Å²) in [5.41, 5.74) is -0.107. The quantitative estimate of drug-likeness (QED) is 0.604. The largest absolute Gasteiger partial charge is 0.387 e. The SMILES string of the molecule is Cc1ccc(S(=O)N[C@@H](c2ccccc2)C(C#N)(C#N)O[Si](C)(C)C(C)(C)C)cc1. The highest BCUT2D eigenvalue weighted by Crippen LogP contribution is 2.42. The summed E-state index contributed by atoms with van der Waals surface area (Å²) in [6.07, 6.45) is 0. The van der Waals surface area contributed by atoms with Gasteiger partial charge in [0.15, 0.2) is 8.32 Å². The first-order valence-electron chi connectivity index (χ1n) is 9.78. The maximum atomic E-state index is 13.1. The normalized spacial score (nSPS) is 14.4. The van der Waals surface area contributed by atoms with Crippen LogP contribution in [0.3, 0.4) is 0 Å². The van der Waals surface area contributed by atoms with Crippen molar-refractivity contribution in [2.45, 2.75) is 62.4 Å². The lowest BCUT2D eigenvalue weighted by Gasteiger charge is -2.42. The smallest absolute Gasteiger partial charge is 0.252 e. The van der Waals surface area contributed by atoms with Crippen LogP contribution >= 0.6 is 0 Å². The highest BCUT2D eigenvalue weighted by atomic mass is 32.2. The van der Waals surface area contributed by atoms with Crippen molar-refractivity contribution in [3.05, 3.63) is 65.7 Å². The van der Waals surface area contributed by atoms with Gasteiger partial charge in [-0.3, -0.25) is 0 Å². The molecule has 0 saturated carbocycles. The molecule has 0 saturated heterocycles. The van der Waals surface area contributed by atoms with Gasteiger partial charge in [0.2, 0.25) is 0 Å². The van der Waals surface area contributed by atoms with E-state index in [1.165, 1.54) is 0 Å². The highest BCUT2D eigenvalue weighted by molar-refractivity contribution is 7.83. The van der Waals surface area contributed by atoms with E-state index < -0.39 is 30.9 Å². The van der Waals surface area contributed by atoms with E-state index in [-0.39, 0.29) is 5.04 Å². The van der Waals surface area contributed by atoms with E-state index in [1.807, 2.05) is 83.3 Å². The minimum atomic E-state index is -2.50. The average Bonchev–Trinajstić information content (AvgIpc) is 2.70. The average molecular weight is 440 g/mol. The molecule has 0 amide bonds. The second kappa shape index (κ2) is 9.24. The molecule has 0 spiro atoms. The first-order chi connectivity index (χ1) is 14.0. The van der Waals surface area contributed by atoms with Gasteiger partial charge in [0.25, 0.3) is 5.60 Å². The molecule has 0 aromatic heterocycles. The lowest BCUT2D eigenvalue weighted by atomic mass is 9.92. The fourth-order valence-electron chi connectivity index (χ4n) is 2.68. The van der Waals surface area contributed by atoms with Crippen molar-refractivity contribution in [3.8, 4) is 12.1 Å². The zero-order valence-electron chi connectivity index (χ0n) is 18.4. The molecular weight excluding hydrogens is 410 g/mol. The van der Waals surface area contributed by atoms with Gasteiger partial charge in [0, 0.05) is 0 Å². The molecule has 1 unspecified atom stereocenters. The van der Waals surface area contributed by atoms with Gasteiger partial charge >= 0.3 is 0 Å². The van der Waals surface area contributed by atoms with Crippen LogP contribution in [0.5, 0.6) is 0 Å². The fourth-order valence-corrected chi connectivity index (χ4v) is 5.04. The Kier molecular flexibility index (Phi) is 7.39. The van der Waals surface area contributed by atoms with Crippen LogP contribution in [0.2, 0.25) is 18.1 Å². The van der Waals surface area contributed by atoms with Crippen molar-refractivity contribution in [3.63, 3.8) is 0 Å². The van der Waals surface area contributed by atoms with E-state index in [9.17, 15) is 14.7 Å². The molecule has 158 valence electrons. The standard InChI is InChI=1S/C23H29N3O2SSi/c1-18-12-14-20(15-13-18)29(27)26-21(19-10-8-7-9-11-19)23(16-24,17-25)28-30(5,6)22(2,3)4/h7-15,21,26H,1-6H3/t21-,29?/m0/s1. The summed E-state index contributed by atoms with van der Waals surface area (Å²) < 4.78 is 22.5. The van der Waals surface area contributed by atoms with Gasteiger partial charge < -0.3 is 4.43 Å². The van der Waals surface area contributed by atoms with E-state index in [1.54, 1.807) is 12.1 Å². The first kappa shape index (κ1) is 24.0. The molecule has 2 aromatic rings. The molecule has 0 heterocycles. The lowest BCUT2D eigenvalue weighted by Crippen LogP contribution is -2.54. The molecule has 7 heteroatoms. The Bertz CT molecular complexity index is 957. The van der Waals surface area contributed by atoms with Crippen LogP contribution in [-0.4, -0.2) is 18.1 Å². The third kappa shape index (κ3) is 5.24. The minimum absolute atomic E-state index is 0.205. The number of rotatable bonds is 7. The molecule has 2 rings (SSSR count). The second-order valence-corrected chi connectivity index (χ2v) is 14.8. The summed E-state index contributed by atoms with van der Waals surface area (Å²) in [5.74, 6) is 0. The minimum Gasteiger partial charge on any atom is -0.387 e. The van der Waals surface area contributed by atoms with Gasteiger partial charge in [-0.15, -0.1) is 0 Å². The monoisotopic (exact) mass is 439 g/mol. The van der Waals surface area contributed by atoms with Gasteiger partial charge in [0.1, 0.15) is 29.2 Å². The Morgan fingerprint density at radius 2 is 1.53 bits per heavy atom. The number of benzene rings is 2. The summed E-state index contributed by atoms with van der Waals surface area (Å²) in [7, 11) is -4.14. The van der Waals surface area contributed by atoms with E-state index >= 15 is 0 Å². The van der Waals surface area contributed by atoms with Crippen LogP contribution < -0.4 is 4.72 Å². The van der Waals surface area contributed by atoms with Crippen molar-refractivity contribution in [2.75, 3.05) is 0 Å². The van der Waals surface area contributed by atoms with Crippen LogP contribution in [0, 0.1) is 29.6 Å². The molecule has 0 bridgehead atoms. The Balaban J connectivity index is 2.54. The Labute approximate surface area is 183 Å². The molecule has 2 atom stereocenters. The summed E-state index contributed by atoms with van der Waals surface area (Å²) in [5, 5.41) is 20.1. The summed E-state index contributed by atoms with van der Waals surface area (Å²) in [6, 6.07) is 19.7. The molecule has 2 aromatic carbocycles. The second-order valence-electron chi connectivity index (χ2n) is 8.86. The van der Waals surface area contributed by atoms with Crippen molar-refractivity contribution in [1.29, 1.82) is 10.5 Å². The summed E-state index contributed by atoms with van der Waals surface area (Å²) in [4.78, 5) is 0.568. The van der Waals surface area contributed by atoms with Crippen LogP contribution in [0.4, 0.5) is 0 Å². The molecule has 0 aliphatic heterocycles. The van der Waals surface area contributed by atoms with Crippen LogP contribution in [0.1, 0.15) is 37.9 Å². The van der Waals surface area contributed by atoms with Gasteiger partial charge in [-0.2, -0.15) is 10.5 Å². The number of hydrogen-bond acceptors (Lipinski definition) is 4. The molecule has 0 radical (unpaired) electrons. The van der Waals surface area contributed by atoms with Crippen molar-refractivity contribution in [1.82, 2.24) is 4.72 Å². The predicted octanol–water partition coefficient (Wildman–Crippen LogP) is 5.16. The van der Waals surface area contributed by atoms with Gasteiger partial charge in [0.05, 0.1) is 4.90 Å². The number of nitriles is 2. The molecule has 0 fully saturated rings. The number of hydrogen-bond donors (Lipinski definition) is 1. The van der Waals surface area contributed by atoms with Crippen LogP contribution in [-0.2, 0) is 15.4 Å².